The molecule has 0 aromatic heterocycles. The van der Waals surface area contributed by atoms with Crippen LogP contribution >= 0.6 is 0 Å². The number of nitrogens with zero attached hydrogens (tertiary/aromatic N) is 1. The number of hydrogen-bond acceptors (Lipinski definition) is 3. The first-order valence-electron chi connectivity index (χ1n) is 5.99. The fourth-order valence-electron chi connectivity index (χ4n) is 1.82. The molecule has 2 aromatic rings. The van der Waals surface area contributed by atoms with Crippen molar-refractivity contribution in [1.82, 2.24) is 0 Å². The van der Waals surface area contributed by atoms with Gasteiger partial charge in [-0.25, -0.2) is 12.8 Å². The first kappa shape index (κ1) is 14.5. The van der Waals surface area contributed by atoms with Crippen LogP contribution in [0, 0.1) is 5.82 Å². The van der Waals surface area contributed by atoms with E-state index in [1.54, 1.807) is 24.3 Å². The van der Waals surface area contributed by atoms with Crippen LogP contribution in [0.2, 0.25) is 0 Å². The van der Waals surface area contributed by atoms with Crippen LogP contribution in [0.4, 0.5) is 10.1 Å². The van der Waals surface area contributed by atoms with E-state index in [2.05, 4.69) is 0 Å². The summed E-state index contributed by atoms with van der Waals surface area (Å²) in [6.07, 6.45) is 0. The standard InChI is InChI=1S/C14H15FN2O2S/c1-17(12-6-4-5-11(9-12)10-16)20(18,19)14-8-3-2-7-13(14)15/h2-9H,10,16H2,1H3. The second-order valence-electron chi connectivity index (χ2n) is 4.28. The van der Waals surface area contributed by atoms with Crippen LogP contribution in [0.5, 0.6) is 0 Å². The van der Waals surface area contributed by atoms with Gasteiger partial charge in [0.15, 0.2) is 0 Å². The van der Waals surface area contributed by atoms with E-state index in [1.165, 1.54) is 25.2 Å². The summed E-state index contributed by atoms with van der Waals surface area (Å²) >= 11 is 0. The van der Waals surface area contributed by atoms with Crippen molar-refractivity contribution in [3.8, 4) is 0 Å². The van der Waals surface area contributed by atoms with Crippen molar-refractivity contribution in [2.24, 2.45) is 5.73 Å². The fourth-order valence-corrected chi connectivity index (χ4v) is 3.07. The van der Waals surface area contributed by atoms with Crippen LogP contribution in [0.1, 0.15) is 5.56 Å². The summed E-state index contributed by atoms with van der Waals surface area (Å²) in [5.74, 6) is -0.769. The van der Waals surface area contributed by atoms with Crippen molar-refractivity contribution in [3.63, 3.8) is 0 Å². The lowest BCUT2D eigenvalue weighted by atomic mass is 10.2. The summed E-state index contributed by atoms with van der Waals surface area (Å²) in [5, 5.41) is 0. The zero-order valence-electron chi connectivity index (χ0n) is 11.0. The van der Waals surface area contributed by atoms with Crippen LogP contribution in [-0.4, -0.2) is 15.5 Å². The number of halogens is 1. The molecule has 0 saturated heterocycles. The maximum absolute atomic E-state index is 13.7. The van der Waals surface area contributed by atoms with E-state index >= 15 is 0 Å². The van der Waals surface area contributed by atoms with Crippen molar-refractivity contribution in [2.45, 2.75) is 11.4 Å². The molecule has 0 radical (unpaired) electrons. The lowest BCUT2D eigenvalue weighted by molar-refractivity contribution is 0.566. The molecular weight excluding hydrogens is 279 g/mol. The van der Waals surface area contributed by atoms with Crippen LogP contribution in [0.15, 0.2) is 53.4 Å². The number of nitrogens with two attached hydrogens (primary N) is 1. The third-order valence-corrected chi connectivity index (χ3v) is 4.80. The SMILES string of the molecule is CN(c1cccc(CN)c1)S(=O)(=O)c1ccccc1F. The lowest BCUT2D eigenvalue weighted by Crippen LogP contribution is -2.27. The number of benzene rings is 2. The van der Waals surface area contributed by atoms with Crippen molar-refractivity contribution in [1.29, 1.82) is 0 Å². The molecule has 0 heterocycles. The van der Waals surface area contributed by atoms with Crippen molar-refractivity contribution >= 4 is 15.7 Å². The minimum absolute atomic E-state index is 0.307. The minimum Gasteiger partial charge on any atom is -0.326 e. The Kier molecular flexibility index (Phi) is 4.06. The Bertz CT molecular complexity index is 717. The Labute approximate surface area is 117 Å². The largest absolute Gasteiger partial charge is 0.326 e. The zero-order valence-corrected chi connectivity index (χ0v) is 11.8. The Morgan fingerprint density at radius 3 is 2.50 bits per heavy atom. The van der Waals surface area contributed by atoms with Crippen molar-refractivity contribution < 1.29 is 12.8 Å². The van der Waals surface area contributed by atoms with Gasteiger partial charge in [-0.2, -0.15) is 0 Å². The zero-order chi connectivity index (χ0) is 14.8. The first-order chi connectivity index (χ1) is 9.46. The van der Waals surface area contributed by atoms with Gasteiger partial charge >= 0.3 is 0 Å². The summed E-state index contributed by atoms with van der Waals surface area (Å²) in [5.41, 5.74) is 6.78. The maximum Gasteiger partial charge on any atom is 0.266 e. The first-order valence-corrected chi connectivity index (χ1v) is 7.43. The van der Waals surface area contributed by atoms with Gasteiger partial charge in [-0.1, -0.05) is 24.3 Å². The van der Waals surface area contributed by atoms with Gasteiger partial charge in [-0.15, -0.1) is 0 Å². The molecule has 4 nitrogen and oxygen atoms in total. The smallest absolute Gasteiger partial charge is 0.266 e. The average Bonchev–Trinajstić information content (AvgIpc) is 2.46. The van der Waals surface area contributed by atoms with Crippen LogP contribution in [-0.2, 0) is 16.6 Å². The summed E-state index contributed by atoms with van der Waals surface area (Å²) < 4.78 is 39.5. The van der Waals surface area contributed by atoms with E-state index in [4.69, 9.17) is 5.73 Å². The lowest BCUT2D eigenvalue weighted by Gasteiger charge is -2.20. The molecule has 2 rings (SSSR count). The normalized spacial score (nSPS) is 11.3. The number of hydrogen-bond donors (Lipinski definition) is 1. The van der Waals surface area contributed by atoms with Gasteiger partial charge in [0.1, 0.15) is 10.7 Å². The van der Waals surface area contributed by atoms with Gasteiger partial charge in [0.2, 0.25) is 0 Å². The second kappa shape index (κ2) is 5.60. The monoisotopic (exact) mass is 294 g/mol. The third kappa shape index (κ3) is 2.66. The summed E-state index contributed by atoms with van der Waals surface area (Å²) in [6, 6.07) is 12.1. The van der Waals surface area contributed by atoms with Crippen LogP contribution in [0.3, 0.4) is 0 Å². The Balaban J connectivity index is 2.46. The molecule has 0 saturated carbocycles. The van der Waals surface area contributed by atoms with Gasteiger partial charge < -0.3 is 5.73 Å². The molecule has 106 valence electrons. The Morgan fingerprint density at radius 2 is 1.85 bits per heavy atom. The molecule has 0 aliphatic rings. The highest BCUT2D eigenvalue weighted by molar-refractivity contribution is 7.92. The summed E-state index contributed by atoms with van der Waals surface area (Å²) in [7, 11) is -2.54. The molecular formula is C14H15FN2O2S. The number of anilines is 1. The van der Waals surface area contributed by atoms with E-state index in [0.717, 1.165) is 15.9 Å². The molecule has 2 N–H and O–H groups in total. The highest BCUT2D eigenvalue weighted by atomic mass is 32.2. The Morgan fingerprint density at radius 1 is 1.15 bits per heavy atom. The topological polar surface area (TPSA) is 63.4 Å². The second-order valence-corrected chi connectivity index (χ2v) is 6.21. The van der Waals surface area contributed by atoms with Gasteiger partial charge in [-0.05, 0) is 29.8 Å². The highest BCUT2D eigenvalue weighted by Gasteiger charge is 2.24. The molecule has 2 aromatic carbocycles. The molecule has 0 aliphatic heterocycles. The van der Waals surface area contributed by atoms with E-state index in [1.807, 2.05) is 0 Å². The van der Waals surface area contributed by atoms with E-state index in [9.17, 15) is 12.8 Å². The van der Waals surface area contributed by atoms with Crippen LogP contribution < -0.4 is 10.0 Å². The molecule has 0 spiro atoms. The van der Waals surface area contributed by atoms with Gasteiger partial charge in [-0.3, -0.25) is 4.31 Å². The minimum atomic E-state index is -3.93. The van der Waals surface area contributed by atoms with Gasteiger partial charge in [0, 0.05) is 13.6 Å². The summed E-state index contributed by atoms with van der Waals surface area (Å²) in [4.78, 5) is -0.347. The van der Waals surface area contributed by atoms with Gasteiger partial charge in [0.25, 0.3) is 10.0 Å². The number of rotatable bonds is 4. The molecule has 0 fully saturated rings. The molecule has 0 atom stereocenters. The van der Waals surface area contributed by atoms with Crippen molar-refractivity contribution in [2.75, 3.05) is 11.4 Å². The third-order valence-electron chi connectivity index (χ3n) is 2.98. The van der Waals surface area contributed by atoms with E-state index in [0.29, 0.717) is 12.2 Å². The molecule has 6 heteroatoms. The average molecular weight is 294 g/mol. The molecule has 20 heavy (non-hydrogen) atoms. The molecule has 0 amide bonds. The van der Waals surface area contributed by atoms with Crippen LogP contribution in [0.25, 0.3) is 0 Å². The predicted molar refractivity (Wildman–Crippen MR) is 76.3 cm³/mol. The number of sulfonamides is 1. The van der Waals surface area contributed by atoms with E-state index < -0.39 is 15.8 Å². The fraction of sp³-hybridized carbons (Fsp3) is 0.143. The Hall–Kier alpha value is -1.92. The predicted octanol–water partition coefficient (Wildman–Crippen LogP) is 2.11. The summed E-state index contributed by atoms with van der Waals surface area (Å²) in [6.45, 7) is 0.307. The molecule has 0 bridgehead atoms. The quantitative estimate of drug-likeness (QED) is 0.939. The molecule has 0 unspecified atom stereocenters. The van der Waals surface area contributed by atoms with Gasteiger partial charge in [0.05, 0.1) is 5.69 Å². The highest BCUT2D eigenvalue weighted by Crippen LogP contribution is 2.24. The van der Waals surface area contributed by atoms with Crippen molar-refractivity contribution in [3.05, 3.63) is 59.9 Å². The molecule has 0 aliphatic carbocycles. The maximum atomic E-state index is 13.7. The van der Waals surface area contributed by atoms with E-state index in [-0.39, 0.29) is 4.90 Å².